The second-order valence-electron chi connectivity index (χ2n) is 3.97. The normalized spacial score (nSPS) is 13.9. The van der Waals surface area contributed by atoms with E-state index in [-0.39, 0.29) is 23.2 Å². The molecule has 6 heteroatoms. The predicted octanol–water partition coefficient (Wildman–Crippen LogP) is 0.406. The first kappa shape index (κ1) is 14.6. The van der Waals surface area contributed by atoms with Crippen molar-refractivity contribution in [1.82, 2.24) is 4.57 Å². The number of methoxy groups -OCH3 is 1. The van der Waals surface area contributed by atoms with Gasteiger partial charge in [0.1, 0.15) is 0 Å². The van der Waals surface area contributed by atoms with Gasteiger partial charge in [0.05, 0.1) is 13.0 Å². The van der Waals surface area contributed by atoms with Crippen LogP contribution in [0.3, 0.4) is 0 Å². The Balaban J connectivity index is 2.45. The lowest BCUT2D eigenvalue weighted by molar-refractivity contribution is -0.144. The maximum Gasteiger partial charge on any atom is 0.309 e. The summed E-state index contributed by atoms with van der Waals surface area (Å²) in [5, 5.41) is 0. The summed E-state index contributed by atoms with van der Waals surface area (Å²) in [6.45, 7) is 2.07. The van der Waals surface area contributed by atoms with E-state index in [0.717, 1.165) is 0 Å². The highest BCUT2D eigenvalue weighted by atomic mass is 32.2. The van der Waals surface area contributed by atoms with Gasteiger partial charge in [-0.15, -0.1) is 0 Å². The van der Waals surface area contributed by atoms with Crippen molar-refractivity contribution in [2.75, 3.05) is 18.6 Å². The van der Waals surface area contributed by atoms with Crippen LogP contribution in [-0.2, 0) is 26.9 Å². The average Bonchev–Trinajstić information content (AvgIpc) is 2.36. The van der Waals surface area contributed by atoms with E-state index in [1.807, 2.05) is 0 Å². The maximum absolute atomic E-state index is 11.7. The van der Waals surface area contributed by atoms with Gasteiger partial charge in [-0.3, -0.25) is 13.8 Å². The summed E-state index contributed by atoms with van der Waals surface area (Å²) in [5.41, 5.74) is -0.115. The molecule has 2 atom stereocenters. The van der Waals surface area contributed by atoms with Gasteiger partial charge in [-0.2, -0.15) is 0 Å². The molecule has 0 saturated heterocycles. The summed E-state index contributed by atoms with van der Waals surface area (Å²) in [4.78, 5) is 22.6. The standard InChI is InChI=1S/C12H17NO4S/c1-10(12(15)17-2)9-18(16)8-7-13-6-4-3-5-11(13)14/h3-6,10H,7-9H2,1-2H3. The molecule has 5 nitrogen and oxygen atoms in total. The zero-order valence-electron chi connectivity index (χ0n) is 10.5. The largest absolute Gasteiger partial charge is 0.469 e. The highest BCUT2D eigenvalue weighted by molar-refractivity contribution is 7.85. The minimum Gasteiger partial charge on any atom is -0.469 e. The number of carbonyl (C=O) groups excluding carboxylic acids is 1. The molecule has 0 radical (unpaired) electrons. The molecule has 0 fully saturated rings. The molecule has 2 unspecified atom stereocenters. The fourth-order valence-corrected chi connectivity index (χ4v) is 2.74. The highest BCUT2D eigenvalue weighted by Gasteiger charge is 2.16. The Morgan fingerprint density at radius 1 is 1.50 bits per heavy atom. The molecule has 0 N–H and O–H groups in total. The molecule has 0 aliphatic heterocycles. The number of esters is 1. The summed E-state index contributed by atoms with van der Waals surface area (Å²) < 4.78 is 17.8. The molecule has 0 saturated carbocycles. The molecular formula is C12H17NO4S. The van der Waals surface area contributed by atoms with Crippen LogP contribution in [0.1, 0.15) is 6.92 Å². The molecule has 0 spiro atoms. The third-order valence-corrected chi connectivity index (χ3v) is 4.01. The Morgan fingerprint density at radius 3 is 2.83 bits per heavy atom. The summed E-state index contributed by atoms with van der Waals surface area (Å²) >= 11 is 0. The number of hydrogen-bond acceptors (Lipinski definition) is 4. The van der Waals surface area contributed by atoms with E-state index in [1.165, 1.54) is 17.7 Å². The summed E-state index contributed by atoms with van der Waals surface area (Å²) in [6.07, 6.45) is 1.66. The molecule has 0 bridgehead atoms. The van der Waals surface area contributed by atoms with E-state index in [9.17, 15) is 13.8 Å². The summed E-state index contributed by atoms with van der Waals surface area (Å²) in [7, 11) is 0.169. The quantitative estimate of drug-likeness (QED) is 0.703. The maximum atomic E-state index is 11.7. The molecule has 100 valence electrons. The van der Waals surface area contributed by atoms with Crippen molar-refractivity contribution in [3.63, 3.8) is 0 Å². The number of carbonyl (C=O) groups is 1. The van der Waals surface area contributed by atoms with E-state index in [1.54, 1.807) is 25.3 Å². The molecule has 0 aliphatic carbocycles. The van der Waals surface area contributed by atoms with Crippen molar-refractivity contribution < 1.29 is 13.7 Å². The van der Waals surface area contributed by atoms with E-state index in [4.69, 9.17) is 0 Å². The molecule has 0 aromatic carbocycles. The predicted molar refractivity (Wildman–Crippen MR) is 69.8 cm³/mol. The number of ether oxygens (including phenoxy) is 1. The van der Waals surface area contributed by atoms with Crippen molar-refractivity contribution in [2.45, 2.75) is 13.5 Å². The number of nitrogens with zero attached hydrogens (tertiary/aromatic N) is 1. The third kappa shape index (κ3) is 4.44. The molecule has 1 heterocycles. The SMILES string of the molecule is COC(=O)C(C)CS(=O)CCn1ccccc1=O. The monoisotopic (exact) mass is 271 g/mol. The Hall–Kier alpha value is -1.43. The summed E-state index contributed by atoms with van der Waals surface area (Å²) in [5.74, 6) is -0.136. The second kappa shape index (κ2) is 7.10. The van der Waals surface area contributed by atoms with Crippen LogP contribution >= 0.6 is 0 Å². The van der Waals surface area contributed by atoms with Crippen LogP contribution in [0.2, 0.25) is 0 Å². The van der Waals surface area contributed by atoms with Crippen molar-refractivity contribution >= 4 is 16.8 Å². The molecule has 1 aromatic heterocycles. The lowest BCUT2D eigenvalue weighted by Crippen LogP contribution is -2.24. The van der Waals surface area contributed by atoms with Crippen LogP contribution in [0.15, 0.2) is 29.2 Å². The van der Waals surface area contributed by atoms with E-state index < -0.39 is 10.8 Å². The zero-order valence-corrected chi connectivity index (χ0v) is 11.3. The first-order valence-corrected chi connectivity index (χ1v) is 7.11. The lowest BCUT2D eigenvalue weighted by Gasteiger charge is -2.09. The average molecular weight is 271 g/mol. The fourth-order valence-electron chi connectivity index (χ4n) is 1.48. The van der Waals surface area contributed by atoms with Crippen molar-refractivity contribution in [2.24, 2.45) is 5.92 Å². The molecule has 0 amide bonds. The van der Waals surface area contributed by atoms with Gasteiger partial charge in [0, 0.05) is 41.1 Å². The fraction of sp³-hybridized carbons (Fsp3) is 0.500. The highest BCUT2D eigenvalue weighted by Crippen LogP contribution is 2.01. The summed E-state index contributed by atoms with van der Waals surface area (Å²) in [6, 6.07) is 4.87. The number of rotatable bonds is 6. The van der Waals surface area contributed by atoms with Crippen LogP contribution < -0.4 is 5.56 Å². The number of hydrogen-bond donors (Lipinski definition) is 0. The Bertz CT molecular complexity index is 483. The molecule has 1 rings (SSSR count). The minimum absolute atomic E-state index is 0.115. The van der Waals surface area contributed by atoms with E-state index in [0.29, 0.717) is 12.3 Å². The number of aromatic nitrogens is 1. The Labute approximate surface area is 108 Å². The molecule has 0 aliphatic rings. The van der Waals surface area contributed by atoms with Gasteiger partial charge >= 0.3 is 5.97 Å². The molecule has 1 aromatic rings. The van der Waals surface area contributed by atoms with Gasteiger partial charge in [-0.05, 0) is 6.07 Å². The van der Waals surface area contributed by atoms with E-state index in [2.05, 4.69) is 4.74 Å². The Kier molecular flexibility index (Phi) is 5.77. The topological polar surface area (TPSA) is 65.4 Å². The van der Waals surface area contributed by atoms with Crippen LogP contribution in [0, 0.1) is 5.92 Å². The molecular weight excluding hydrogens is 254 g/mol. The third-order valence-electron chi connectivity index (χ3n) is 2.50. The van der Waals surface area contributed by atoms with Crippen LogP contribution in [0.4, 0.5) is 0 Å². The van der Waals surface area contributed by atoms with Gasteiger partial charge in [0.25, 0.3) is 5.56 Å². The van der Waals surface area contributed by atoms with Crippen molar-refractivity contribution in [3.05, 3.63) is 34.7 Å². The first-order chi connectivity index (χ1) is 8.54. The second-order valence-corrected chi connectivity index (χ2v) is 5.59. The van der Waals surface area contributed by atoms with Gasteiger partial charge < -0.3 is 9.30 Å². The minimum atomic E-state index is -1.14. The molecule has 18 heavy (non-hydrogen) atoms. The first-order valence-electron chi connectivity index (χ1n) is 5.63. The number of pyridine rings is 1. The van der Waals surface area contributed by atoms with Crippen LogP contribution in [-0.4, -0.2) is 33.4 Å². The van der Waals surface area contributed by atoms with Gasteiger partial charge in [-0.25, -0.2) is 0 Å². The zero-order chi connectivity index (χ0) is 13.5. The van der Waals surface area contributed by atoms with Gasteiger partial charge in [-0.1, -0.05) is 13.0 Å². The van der Waals surface area contributed by atoms with Crippen molar-refractivity contribution in [1.29, 1.82) is 0 Å². The Morgan fingerprint density at radius 2 is 2.22 bits per heavy atom. The van der Waals surface area contributed by atoms with Crippen molar-refractivity contribution in [3.8, 4) is 0 Å². The number of aryl methyl sites for hydroxylation is 1. The van der Waals surface area contributed by atoms with Gasteiger partial charge in [0.15, 0.2) is 0 Å². The van der Waals surface area contributed by atoms with Crippen LogP contribution in [0.5, 0.6) is 0 Å². The lowest BCUT2D eigenvalue weighted by atomic mass is 10.2. The van der Waals surface area contributed by atoms with Crippen LogP contribution in [0.25, 0.3) is 0 Å². The smallest absolute Gasteiger partial charge is 0.309 e. The van der Waals surface area contributed by atoms with E-state index >= 15 is 0 Å². The van der Waals surface area contributed by atoms with Gasteiger partial charge in [0.2, 0.25) is 0 Å².